The summed E-state index contributed by atoms with van der Waals surface area (Å²) in [4.78, 5) is 53.4. The molecular weight excluding hydrogens is 500 g/mol. The third-order valence-corrected chi connectivity index (χ3v) is 7.05. The molecule has 16 heteroatoms. The van der Waals surface area contributed by atoms with Crippen molar-refractivity contribution in [3.8, 4) is 0 Å². The molecule has 1 fully saturated rings. The number of nitrogens with one attached hydrogen (secondary N) is 1. The second-order valence-electron chi connectivity index (χ2n) is 7.53. The van der Waals surface area contributed by atoms with E-state index in [0.29, 0.717) is 11.1 Å². The molecule has 2 aliphatic rings. The number of thioether (sulfide) groups is 1. The average Bonchev–Trinajstić information content (AvgIpc) is 3.23. The number of β-lactam (4-membered cyclic amide) rings is 1. The van der Waals surface area contributed by atoms with Gasteiger partial charge in [-0.25, -0.2) is 4.57 Å². The minimum absolute atomic E-state index is 0.0260. The zero-order valence-electron chi connectivity index (χ0n) is 17.8. The van der Waals surface area contributed by atoms with Crippen molar-refractivity contribution in [1.82, 2.24) is 19.6 Å². The van der Waals surface area contributed by atoms with Crippen molar-refractivity contribution in [3.05, 3.63) is 47.2 Å². The van der Waals surface area contributed by atoms with Crippen LogP contribution in [0.4, 0.5) is 5.13 Å². The number of hydrogen-bond donors (Lipinski definition) is 4. The fourth-order valence-electron chi connectivity index (χ4n) is 3.73. The molecule has 3 amide bonds. The molecule has 0 aliphatic carbocycles. The molecule has 2 aromatic rings. The fraction of sp³-hybridized carbons (Fsp3) is 0.263. The predicted octanol–water partition coefficient (Wildman–Crippen LogP) is -3.28. The van der Waals surface area contributed by atoms with Crippen LogP contribution in [0, 0.1) is 0 Å². The number of fused-ring (bicyclic) bond motifs is 1. The lowest BCUT2D eigenvalue weighted by molar-refractivity contribution is -0.689. The molecule has 4 rings (SSSR count). The van der Waals surface area contributed by atoms with Gasteiger partial charge in [0, 0.05) is 34.5 Å². The Kier molecular flexibility index (Phi) is 6.65. The number of hydrogen-bond acceptors (Lipinski definition) is 12. The van der Waals surface area contributed by atoms with Gasteiger partial charge in [-0.15, -0.1) is 11.8 Å². The summed E-state index contributed by atoms with van der Waals surface area (Å²) < 4.78 is 5.48. The van der Waals surface area contributed by atoms with Crippen LogP contribution < -0.4 is 26.5 Å². The van der Waals surface area contributed by atoms with E-state index in [4.69, 9.17) is 11.5 Å². The average molecular weight is 519 g/mol. The molecule has 4 heterocycles. The second-order valence-corrected chi connectivity index (χ2v) is 9.42. The zero-order chi connectivity index (χ0) is 25.3. The van der Waals surface area contributed by atoms with Crippen molar-refractivity contribution in [2.75, 3.05) is 11.5 Å². The highest BCUT2D eigenvalue weighted by molar-refractivity contribution is 8.00. The molecule has 1 saturated heterocycles. The van der Waals surface area contributed by atoms with E-state index in [9.17, 15) is 29.5 Å². The van der Waals surface area contributed by atoms with Gasteiger partial charge in [-0.1, -0.05) is 5.16 Å². The lowest BCUT2D eigenvalue weighted by atomic mass is 10.0. The maximum Gasteiger partial charge on any atom is 0.278 e. The highest BCUT2D eigenvalue weighted by Gasteiger charge is 2.53. The number of nitrogen functional groups attached to an aromatic ring is 1. The normalized spacial score (nSPS) is 19.7. The first-order chi connectivity index (χ1) is 16.7. The molecule has 35 heavy (non-hydrogen) atoms. The quantitative estimate of drug-likeness (QED) is 0.0896. The van der Waals surface area contributed by atoms with E-state index in [1.165, 1.54) is 11.8 Å². The molecule has 0 unspecified atom stereocenters. The number of pyridine rings is 1. The Morgan fingerprint density at radius 1 is 1.40 bits per heavy atom. The SMILES string of the molecule is NC(=O)Cc1ccc[n+](CC2=C(C(=O)[O-])N3C(=O)[C@@H](NC(=O)/C(=N\O)c4nsc(N)n4)[C@H]3SC2)c1. The Labute approximate surface area is 205 Å². The predicted molar refractivity (Wildman–Crippen MR) is 119 cm³/mol. The number of aromatic nitrogens is 3. The Morgan fingerprint density at radius 2 is 2.17 bits per heavy atom. The van der Waals surface area contributed by atoms with Crippen LogP contribution >= 0.6 is 23.3 Å². The summed E-state index contributed by atoms with van der Waals surface area (Å²) in [7, 11) is 0. The fourth-order valence-corrected chi connectivity index (χ4v) is 5.50. The van der Waals surface area contributed by atoms with Gasteiger partial charge in [-0.3, -0.25) is 19.3 Å². The number of oxime groups is 1. The van der Waals surface area contributed by atoms with Crippen LogP contribution in [0.25, 0.3) is 0 Å². The lowest BCUT2D eigenvalue weighted by Crippen LogP contribution is -2.71. The van der Waals surface area contributed by atoms with Gasteiger partial charge in [0.1, 0.15) is 11.4 Å². The van der Waals surface area contributed by atoms with Crippen LogP contribution in [-0.2, 0) is 32.1 Å². The monoisotopic (exact) mass is 518 g/mol. The first kappa shape index (κ1) is 24.1. The largest absolute Gasteiger partial charge is 0.543 e. The highest BCUT2D eigenvalue weighted by Crippen LogP contribution is 2.40. The van der Waals surface area contributed by atoms with Gasteiger partial charge in [-0.2, -0.15) is 9.36 Å². The van der Waals surface area contributed by atoms with E-state index in [1.807, 2.05) is 0 Å². The Hall–Kier alpha value is -4.05. The summed E-state index contributed by atoms with van der Waals surface area (Å²) in [5.41, 5.74) is 11.0. The number of rotatable bonds is 8. The van der Waals surface area contributed by atoms with E-state index in [1.54, 1.807) is 29.1 Å². The van der Waals surface area contributed by atoms with Crippen molar-refractivity contribution in [1.29, 1.82) is 0 Å². The van der Waals surface area contributed by atoms with Gasteiger partial charge < -0.3 is 31.9 Å². The third-order valence-electron chi connectivity index (χ3n) is 5.17. The Morgan fingerprint density at radius 3 is 2.80 bits per heavy atom. The van der Waals surface area contributed by atoms with Crippen molar-refractivity contribution in [3.63, 3.8) is 0 Å². The first-order valence-corrected chi connectivity index (χ1v) is 11.8. The van der Waals surface area contributed by atoms with Gasteiger partial charge in [0.25, 0.3) is 11.8 Å². The molecule has 6 N–H and O–H groups in total. The molecule has 2 atom stereocenters. The molecule has 2 aliphatic heterocycles. The molecule has 0 radical (unpaired) electrons. The zero-order valence-corrected chi connectivity index (χ0v) is 19.4. The number of primary amides is 1. The molecule has 0 bridgehead atoms. The van der Waals surface area contributed by atoms with E-state index in [-0.39, 0.29) is 35.4 Å². The summed E-state index contributed by atoms with van der Waals surface area (Å²) >= 11 is 2.04. The third kappa shape index (κ3) is 4.78. The number of carboxylic acids is 1. The smallest absolute Gasteiger partial charge is 0.278 e. The van der Waals surface area contributed by atoms with E-state index >= 15 is 0 Å². The first-order valence-electron chi connectivity index (χ1n) is 9.96. The van der Waals surface area contributed by atoms with Crippen LogP contribution in [0.5, 0.6) is 0 Å². The standard InChI is InChI=1S/C19H18N8O6S2/c20-10(28)4-8-2-1-3-26(5-8)6-9-7-34-17-12(16(30)27(17)13(9)18(31)32)22-15(29)11(24-33)14-23-19(21)35-25-14/h1-3,5,12,17H,4,6-7H2,(H6-,20,21,22,23,25,28,29,31,32,33)/t12-,17-/m1/s1. The van der Waals surface area contributed by atoms with Crippen molar-refractivity contribution < 1.29 is 34.1 Å². The molecule has 14 nitrogen and oxygen atoms in total. The molecule has 0 aromatic carbocycles. The maximum absolute atomic E-state index is 12.8. The van der Waals surface area contributed by atoms with Crippen LogP contribution in [0.15, 0.2) is 41.0 Å². The highest BCUT2D eigenvalue weighted by atomic mass is 32.2. The van der Waals surface area contributed by atoms with Gasteiger partial charge in [-0.05, 0) is 6.07 Å². The maximum atomic E-state index is 12.8. The van der Waals surface area contributed by atoms with Crippen LogP contribution in [0.2, 0.25) is 0 Å². The van der Waals surface area contributed by atoms with Crippen LogP contribution in [-0.4, -0.2) is 66.0 Å². The molecule has 182 valence electrons. The summed E-state index contributed by atoms with van der Waals surface area (Å²) in [5.74, 6) is -3.59. The van der Waals surface area contributed by atoms with Gasteiger partial charge in [0.05, 0.1) is 18.1 Å². The summed E-state index contributed by atoms with van der Waals surface area (Å²) in [6.45, 7) is 0.134. The number of nitrogens with two attached hydrogens (primary N) is 2. The summed E-state index contributed by atoms with van der Waals surface area (Å²) in [6, 6.07) is 2.34. The number of carbonyl (C=O) groups excluding carboxylic acids is 4. The molecule has 0 saturated carbocycles. The van der Waals surface area contributed by atoms with Crippen LogP contribution in [0.1, 0.15) is 11.4 Å². The number of carboxylic acid groups (broad SMARTS) is 1. The van der Waals surface area contributed by atoms with E-state index in [0.717, 1.165) is 16.4 Å². The van der Waals surface area contributed by atoms with Crippen molar-refractivity contribution in [2.24, 2.45) is 10.9 Å². The Bertz CT molecular complexity index is 1290. The van der Waals surface area contributed by atoms with Gasteiger partial charge >= 0.3 is 0 Å². The minimum Gasteiger partial charge on any atom is -0.543 e. The van der Waals surface area contributed by atoms with E-state index < -0.39 is 40.8 Å². The number of anilines is 1. The number of aliphatic carboxylic acids is 1. The number of nitrogens with zero attached hydrogens (tertiary/aromatic N) is 5. The van der Waals surface area contributed by atoms with E-state index in [2.05, 4.69) is 19.8 Å². The second kappa shape index (κ2) is 9.67. The lowest BCUT2D eigenvalue weighted by Gasteiger charge is -2.50. The Balaban J connectivity index is 1.52. The molecule has 2 aromatic heterocycles. The molecular formula is C19H18N8O6S2. The molecule has 0 spiro atoms. The number of amides is 3. The summed E-state index contributed by atoms with van der Waals surface area (Å²) in [5, 5.41) is 25.8. The van der Waals surface area contributed by atoms with Crippen LogP contribution in [0.3, 0.4) is 0 Å². The van der Waals surface area contributed by atoms with Crippen molar-refractivity contribution >= 4 is 57.8 Å². The van der Waals surface area contributed by atoms with Gasteiger partial charge in [0.15, 0.2) is 24.1 Å². The van der Waals surface area contributed by atoms with Gasteiger partial charge in [0.2, 0.25) is 17.4 Å². The minimum atomic E-state index is -1.53. The topological polar surface area (TPSA) is 221 Å². The summed E-state index contributed by atoms with van der Waals surface area (Å²) in [6.07, 6.45) is 3.38. The number of carbonyl (C=O) groups is 4. The van der Waals surface area contributed by atoms with Crippen molar-refractivity contribution in [2.45, 2.75) is 24.4 Å².